The molecule has 3 aromatic rings. The van der Waals surface area contributed by atoms with E-state index in [4.69, 9.17) is 0 Å². The lowest BCUT2D eigenvalue weighted by Crippen LogP contribution is -2.60. The van der Waals surface area contributed by atoms with Crippen molar-refractivity contribution in [2.45, 2.75) is 65.7 Å². The highest BCUT2D eigenvalue weighted by Crippen LogP contribution is 2.46. The van der Waals surface area contributed by atoms with Gasteiger partial charge >= 0.3 is 5.97 Å². The number of benzene rings is 3. The van der Waals surface area contributed by atoms with Crippen molar-refractivity contribution in [2.75, 3.05) is 23.9 Å². The maximum absolute atomic E-state index is 12.6. The summed E-state index contributed by atoms with van der Waals surface area (Å²) in [7, 11) is 1.85. The molecule has 3 heterocycles. The molecule has 3 aliphatic heterocycles. The molecule has 0 unspecified atom stereocenters. The number of carbonyl (C=O) groups is 2. The first-order valence-electron chi connectivity index (χ1n) is 15.1. The van der Waals surface area contributed by atoms with E-state index in [1.807, 2.05) is 0 Å². The van der Waals surface area contributed by atoms with E-state index < -0.39 is 20.0 Å². The van der Waals surface area contributed by atoms with Crippen molar-refractivity contribution in [1.29, 1.82) is 0 Å². The summed E-state index contributed by atoms with van der Waals surface area (Å²) in [4.78, 5) is 29.4. The van der Waals surface area contributed by atoms with E-state index >= 15 is 0 Å². The van der Waals surface area contributed by atoms with Crippen molar-refractivity contribution < 1.29 is 19.8 Å². The van der Waals surface area contributed by atoms with Crippen LogP contribution in [0.3, 0.4) is 0 Å². The Morgan fingerprint density at radius 3 is 1.64 bits per heavy atom. The first-order valence-corrected chi connectivity index (χ1v) is 18.1. The molecule has 0 aliphatic carbocycles. The molecule has 226 valence electrons. The Hall–Kier alpha value is -4.23. The monoisotopic (exact) mass is 604 g/mol. The number of aromatic carboxylic acids is 2. The summed E-state index contributed by atoms with van der Waals surface area (Å²) in [6, 6.07) is 13.3. The van der Waals surface area contributed by atoms with E-state index in [1.54, 1.807) is 0 Å². The summed E-state index contributed by atoms with van der Waals surface area (Å²) < 4.78 is 0. The smallest absolute Gasteiger partial charge is 0.341 e. The third-order valence-corrected chi connectivity index (χ3v) is 13.9. The molecular formula is C37H40N2O4Si. The molecule has 3 aliphatic rings. The van der Waals surface area contributed by atoms with Gasteiger partial charge in [0.2, 0.25) is 0 Å². The number of carboxylic acids is 2. The van der Waals surface area contributed by atoms with E-state index in [-0.39, 0.29) is 22.2 Å². The number of rotatable bonds is 3. The molecule has 0 atom stereocenters. The van der Waals surface area contributed by atoms with Crippen LogP contribution in [-0.4, -0.2) is 50.3 Å². The average Bonchev–Trinajstić information content (AvgIpc) is 2.93. The van der Waals surface area contributed by atoms with Gasteiger partial charge in [0.15, 0.2) is 8.07 Å². The molecule has 6 nitrogen and oxygen atoms in total. The third kappa shape index (κ3) is 4.16. The molecule has 3 aromatic carbocycles. The van der Waals surface area contributed by atoms with Crippen LogP contribution >= 0.6 is 0 Å². The van der Waals surface area contributed by atoms with Gasteiger partial charge in [0.05, 0.1) is 56.6 Å². The highest BCUT2D eigenvalue weighted by atomic mass is 28.3. The Balaban J connectivity index is 1.76. The fraction of sp³-hybridized carbons (Fsp3) is 0.324. The van der Waals surface area contributed by atoms with E-state index in [9.17, 15) is 19.8 Å². The predicted octanol–water partition coefficient (Wildman–Crippen LogP) is 5.17. The fourth-order valence-electron chi connectivity index (χ4n) is 7.48. The number of hydrogen-bond acceptors (Lipinski definition) is 5. The van der Waals surface area contributed by atoms with Crippen LogP contribution in [0.5, 0.6) is 0 Å². The van der Waals surface area contributed by atoms with Crippen molar-refractivity contribution >= 4 is 52.9 Å². The van der Waals surface area contributed by atoms with Gasteiger partial charge in [-0.05, 0) is 99.5 Å². The standard InChI is InChI=1S/C37H40N2O4Si/c1-20-18-36(3,4)38(7)29-16-31-27(14-24(20)29)33(26-13-22(34(40)41)11-12-23(26)35(42)43)28-15-25-21(2)19-37(5,6)39(8)30(25)17-32(28)44(31,9)10/h11-19H,1-10H3,(H-,40,41,42,43). The molecule has 6 rings (SSSR count). The first kappa shape index (κ1) is 29.8. The minimum absolute atomic E-state index is 0.0188. The van der Waals surface area contributed by atoms with Crippen LogP contribution in [0.15, 0.2) is 54.6 Å². The molecule has 0 amide bonds. The van der Waals surface area contributed by atoms with Gasteiger partial charge < -0.3 is 24.8 Å². The van der Waals surface area contributed by atoms with E-state index in [0.717, 1.165) is 50.7 Å². The molecule has 1 N–H and O–H groups in total. The normalized spacial score (nSPS) is 18.8. The lowest BCUT2D eigenvalue weighted by molar-refractivity contribution is -0.255. The van der Waals surface area contributed by atoms with E-state index in [0.29, 0.717) is 5.56 Å². The molecule has 0 aromatic heterocycles. The Morgan fingerprint density at radius 2 is 1.23 bits per heavy atom. The van der Waals surface area contributed by atoms with Crippen molar-refractivity contribution in [1.82, 2.24) is 0 Å². The van der Waals surface area contributed by atoms with Crippen LogP contribution in [0.1, 0.15) is 90.1 Å². The number of allylic oxidation sites excluding steroid dienone is 2. The van der Waals surface area contributed by atoms with Crippen molar-refractivity contribution in [3.8, 4) is 0 Å². The summed E-state index contributed by atoms with van der Waals surface area (Å²) >= 11 is 0. The van der Waals surface area contributed by atoms with Crippen LogP contribution in [0.4, 0.5) is 11.4 Å². The molecule has 0 radical (unpaired) electrons. The van der Waals surface area contributed by atoms with Crippen LogP contribution in [0.25, 0.3) is 11.1 Å². The highest BCUT2D eigenvalue weighted by molar-refractivity contribution is 7.01. The van der Waals surface area contributed by atoms with Gasteiger partial charge in [0.25, 0.3) is 0 Å². The summed E-state index contributed by atoms with van der Waals surface area (Å²) in [5, 5.41) is 25.0. The minimum Gasteiger partial charge on any atom is -0.538 e. The average molecular weight is 605 g/mol. The maximum atomic E-state index is 12.6. The second-order valence-electron chi connectivity index (χ2n) is 14.3. The Morgan fingerprint density at radius 1 is 0.773 bits per heavy atom. The number of likely N-dealkylation sites (N-methyl/N-ethyl adjacent to an activating group) is 2. The molecule has 0 saturated carbocycles. The summed E-state index contributed by atoms with van der Waals surface area (Å²) in [5.74, 6) is -1.69. The quantitative estimate of drug-likeness (QED) is 0.328. The number of hydrogen-bond donors (Lipinski definition) is 1. The molecule has 0 spiro atoms. The zero-order chi connectivity index (χ0) is 32.3. The zero-order valence-electron chi connectivity index (χ0n) is 27.3. The number of carboxylic acid groups (broad SMARTS) is 2. The molecule has 7 heteroatoms. The Kier molecular flexibility index (Phi) is 6.36. The van der Waals surface area contributed by atoms with E-state index in [2.05, 4.69) is 115 Å². The lowest BCUT2D eigenvalue weighted by atomic mass is 9.78. The largest absolute Gasteiger partial charge is 0.538 e. The molecule has 0 fully saturated rings. The number of nitrogens with zero attached hydrogens (tertiary/aromatic N) is 2. The second-order valence-corrected chi connectivity index (χ2v) is 18.6. The number of fused-ring (bicyclic) bond motifs is 4. The minimum atomic E-state index is -2.39. The van der Waals surface area contributed by atoms with Crippen molar-refractivity contribution in [3.05, 3.63) is 99.5 Å². The van der Waals surface area contributed by atoms with Gasteiger partial charge in [-0.3, -0.25) is 0 Å². The second kappa shape index (κ2) is 9.38. The summed E-state index contributed by atoms with van der Waals surface area (Å²) in [5.41, 5.74) is 8.75. The van der Waals surface area contributed by atoms with Crippen molar-refractivity contribution in [2.24, 2.45) is 0 Å². The topological polar surface area (TPSA) is 83.9 Å². The van der Waals surface area contributed by atoms with Crippen LogP contribution in [0.2, 0.25) is 13.1 Å². The van der Waals surface area contributed by atoms with Gasteiger partial charge in [-0.15, -0.1) is 0 Å². The number of carbonyl (C=O) groups excluding carboxylic acids is 1. The molecule has 0 bridgehead atoms. The van der Waals surface area contributed by atoms with Gasteiger partial charge in [0.1, 0.15) is 0 Å². The lowest BCUT2D eigenvalue weighted by Gasteiger charge is -2.44. The highest BCUT2D eigenvalue weighted by Gasteiger charge is 2.48. The van der Waals surface area contributed by atoms with E-state index in [1.165, 1.54) is 28.6 Å². The molecular weight excluding hydrogens is 565 g/mol. The van der Waals surface area contributed by atoms with Gasteiger partial charge in [-0.1, -0.05) is 25.2 Å². The number of anilines is 2. The predicted molar refractivity (Wildman–Crippen MR) is 180 cm³/mol. The maximum Gasteiger partial charge on any atom is 0.341 e. The Bertz CT molecular complexity index is 1770. The van der Waals surface area contributed by atoms with Crippen molar-refractivity contribution in [3.63, 3.8) is 0 Å². The molecule has 0 saturated heterocycles. The van der Waals surface area contributed by atoms with Gasteiger partial charge in [0, 0.05) is 36.9 Å². The van der Waals surface area contributed by atoms with Crippen LogP contribution in [0, 0.1) is 5.92 Å². The Labute approximate surface area is 261 Å². The molecule has 44 heavy (non-hydrogen) atoms. The van der Waals surface area contributed by atoms with Gasteiger partial charge in [-0.25, -0.2) is 4.79 Å². The summed E-state index contributed by atoms with van der Waals surface area (Å²) in [6.45, 7) is 17.8. The zero-order valence-corrected chi connectivity index (χ0v) is 28.3. The summed E-state index contributed by atoms with van der Waals surface area (Å²) in [6.07, 6.45) is 4.53. The fourth-order valence-corrected chi connectivity index (χ4v) is 10.5. The third-order valence-electron chi connectivity index (χ3n) is 10.4. The van der Waals surface area contributed by atoms with Crippen LogP contribution < -0.4 is 25.3 Å². The first-order chi connectivity index (χ1) is 20.4. The SMILES string of the molecule is CC1=CC(C)(C)N(C)c2cc3c(cc21)[C+](c1cc(C(=O)O)ccc1C(=O)[O-])c1cc2c(cc1[Si]3(C)C)N(C)C(C)(C)C=C2C. The van der Waals surface area contributed by atoms with Gasteiger partial charge in [-0.2, -0.15) is 0 Å². The van der Waals surface area contributed by atoms with Crippen LogP contribution in [-0.2, 0) is 0 Å².